The lowest BCUT2D eigenvalue weighted by molar-refractivity contribution is 0.281. The Morgan fingerprint density at radius 1 is 1.31 bits per heavy atom. The molecular formula is C8H7BrN2O2. The number of aliphatic hydroxyl groups is 1. The summed E-state index contributed by atoms with van der Waals surface area (Å²) in [5, 5.41) is 8.95. The molecule has 5 heteroatoms. The summed E-state index contributed by atoms with van der Waals surface area (Å²) in [6.07, 6.45) is 0. The summed E-state index contributed by atoms with van der Waals surface area (Å²) in [6.45, 7) is -0.0519. The Hall–Kier alpha value is -1.07. The van der Waals surface area contributed by atoms with Crippen LogP contribution in [0.15, 0.2) is 21.4 Å². The molecule has 0 aliphatic carbocycles. The second kappa shape index (κ2) is 3.01. The number of benzene rings is 1. The van der Waals surface area contributed by atoms with E-state index >= 15 is 0 Å². The van der Waals surface area contributed by atoms with Crippen molar-refractivity contribution in [3.63, 3.8) is 0 Å². The first-order chi connectivity index (χ1) is 6.20. The molecule has 4 nitrogen and oxygen atoms in total. The van der Waals surface area contributed by atoms with E-state index < -0.39 is 0 Å². The van der Waals surface area contributed by atoms with Crippen LogP contribution in [0.4, 0.5) is 0 Å². The molecule has 0 aliphatic heterocycles. The van der Waals surface area contributed by atoms with Crippen molar-refractivity contribution < 1.29 is 5.11 Å². The third-order valence-corrected chi connectivity index (χ3v) is 2.59. The van der Waals surface area contributed by atoms with Gasteiger partial charge in [0.05, 0.1) is 17.6 Å². The summed E-state index contributed by atoms with van der Waals surface area (Å²) in [4.78, 5) is 16.2. The van der Waals surface area contributed by atoms with Gasteiger partial charge in [-0.25, -0.2) is 4.79 Å². The van der Waals surface area contributed by atoms with Crippen LogP contribution in [0.3, 0.4) is 0 Å². The first kappa shape index (κ1) is 8.52. The van der Waals surface area contributed by atoms with Crippen LogP contribution >= 0.6 is 15.9 Å². The number of rotatable bonds is 1. The number of fused-ring (bicyclic) bond motifs is 1. The Bertz CT molecular complexity index is 500. The fraction of sp³-hybridized carbons (Fsp3) is 0.125. The van der Waals surface area contributed by atoms with Crippen molar-refractivity contribution in [1.29, 1.82) is 0 Å². The summed E-state index contributed by atoms with van der Waals surface area (Å²) in [5.74, 6) is 0. The van der Waals surface area contributed by atoms with Crippen molar-refractivity contribution in [3.05, 3.63) is 32.7 Å². The lowest BCUT2D eigenvalue weighted by atomic mass is 10.2. The monoisotopic (exact) mass is 242 g/mol. The highest BCUT2D eigenvalue weighted by Crippen LogP contribution is 2.21. The van der Waals surface area contributed by atoms with Gasteiger partial charge in [-0.05, 0) is 17.7 Å². The summed E-state index contributed by atoms with van der Waals surface area (Å²) < 4.78 is 0.790. The first-order valence-electron chi connectivity index (χ1n) is 3.72. The first-order valence-corrected chi connectivity index (χ1v) is 4.51. The Morgan fingerprint density at radius 3 is 2.54 bits per heavy atom. The summed E-state index contributed by atoms with van der Waals surface area (Å²) in [6, 6.07) is 3.50. The minimum absolute atomic E-state index is 0.0519. The minimum Gasteiger partial charge on any atom is -0.392 e. The van der Waals surface area contributed by atoms with Crippen LogP contribution in [-0.2, 0) is 6.61 Å². The molecule has 0 atom stereocenters. The van der Waals surface area contributed by atoms with Gasteiger partial charge < -0.3 is 15.1 Å². The Kier molecular flexibility index (Phi) is 1.97. The third-order valence-electron chi connectivity index (χ3n) is 1.85. The molecule has 0 bridgehead atoms. The van der Waals surface area contributed by atoms with E-state index in [1.165, 1.54) is 0 Å². The number of halogens is 1. The molecule has 1 heterocycles. The molecule has 0 saturated heterocycles. The molecular weight excluding hydrogens is 236 g/mol. The van der Waals surface area contributed by atoms with Crippen LogP contribution in [0, 0.1) is 0 Å². The highest BCUT2D eigenvalue weighted by Gasteiger charge is 2.03. The lowest BCUT2D eigenvalue weighted by Gasteiger charge is -1.99. The largest absolute Gasteiger partial charge is 0.392 e. The quantitative estimate of drug-likeness (QED) is 0.702. The molecule has 1 aromatic heterocycles. The van der Waals surface area contributed by atoms with E-state index in [4.69, 9.17) is 5.11 Å². The molecule has 0 aliphatic rings. The van der Waals surface area contributed by atoms with Crippen LogP contribution < -0.4 is 5.69 Å². The zero-order valence-corrected chi connectivity index (χ0v) is 8.18. The summed E-state index contributed by atoms with van der Waals surface area (Å²) in [5.41, 5.74) is 1.95. The number of aromatic nitrogens is 2. The van der Waals surface area contributed by atoms with Gasteiger partial charge in [-0.2, -0.15) is 0 Å². The number of aliphatic hydroxyl groups excluding tert-OH is 1. The predicted octanol–water partition coefficient (Wildman–Crippen LogP) is 1.11. The molecule has 68 valence electrons. The zero-order chi connectivity index (χ0) is 9.42. The van der Waals surface area contributed by atoms with Crippen molar-refractivity contribution in [2.75, 3.05) is 0 Å². The maximum Gasteiger partial charge on any atom is 0.323 e. The average Bonchev–Trinajstić information content (AvgIpc) is 2.42. The molecule has 0 spiro atoms. The minimum atomic E-state index is -0.239. The summed E-state index contributed by atoms with van der Waals surface area (Å²) >= 11 is 3.29. The highest BCUT2D eigenvalue weighted by atomic mass is 79.9. The van der Waals surface area contributed by atoms with E-state index in [0.29, 0.717) is 5.52 Å². The van der Waals surface area contributed by atoms with Gasteiger partial charge >= 0.3 is 5.69 Å². The number of hydrogen-bond donors (Lipinski definition) is 3. The number of H-pyrrole nitrogens is 2. The number of imidazole rings is 1. The Balaban J connectivity index is 2.80. The maximum absolute atomic E-state index is 10.9. The third kappa shape index (κ3) is 1.40. The van der Waals surface area contributed by atoms with Gasteiger partial charge in [-0.3, -0.25) is 0 Å². The van der Waals surface area contributed by atoms with Crippen molar-refractivity contribution in [3.8, 4) is 0 Å². The highest BCUT2D eigenvalue weighted by molar-refractivity contribution is 9.10. The molecule has 1 aromatic carbocycles. The van der Waals surface area contributed by atoms with E-state index in [9.17, 15) is 4.79 Å². The summed E-state index contributed by atoms with van der Waals surface area (Å²) in [7, 11) is 0. The van der Waals surface area contributed by atoms with Crippen LogP contribution in [0.1, 0.15) is 5.56 Å². The second-order valence-electron chi connectivity index (χ2n) is 2.73. The van der Waals surface area contributed by atoms with E-state index in [1.54, 1.807) is 12.1 Å². The molecule has 0 saturated carbocycles. The van der Waals surface area contributed by atoms with Crippen molar-refractivity contribution >= 4 is 27.0 Å². The van der Waals surface area contributed by atoms with Crippen LogP contribution in [0.25, 0.3) is 11.0 Å². The van der Waals surface area contributed by atoms with Gasteiger partial charge in [0.1, 0.15) is 0 Å². The molecule has 0 unspecified atom stereocenters. The SMILES string of the molecule is O=c1[nH]c2cc(Br)c(CO)cc2[nH]1. The maximum atomic E-state index is 10.9. The lowest BCUT2D eigenvalue weighted by Crippen LogP contribution is -1.99. The fourth-order valence-electron chi connectivity index (χ4n) is 1.22. The smallest absolute Gasteiger partial charge is 0.323 e. The standard InChI is InChI=1S/C8H7BrN2O2/c9-5-2-7-6(1-4(5)3-12)10-8(13)11-7/h1-2,12H,3H2,(H2,10,11,13). The number of hydrogen-bond acceptors (Lipinski definition) is 2. The molecule has 2 aromatic rings. The molecule has 0 fully saturated rings. The molecule has 3 N–H and O–H groups in total. The van der Waals surface area contributed by atoms with E-state index in [0.717, 1.165) is 15.6 Å². The van der Waals surface area contributed by atoms with Gasteiger partial charge in [-0.1, -0.05) is 15.9 Å². The van der Waals surface area contributed by atoms with Crippen molar-refractivity contribution in [2.45, 2.75) is 6.61 Å². The average molecular weight is 243 g/mol. The molecule has 0 radical (unpaired) electrons. The van der Waals surface area contributed by atoms with Gasteiger partial charge in [0, 0.05) is 4.47 Å². The van der Waals surface area contributed by atoms with Gasteiger partial charge in [0.2, 0.25) is 0 Å². The number of nitrogens with one attached hydrogen (secondary N) is 2. The van der Waals surface area contributed by atoms with Crippen LogP contribution in [0.2, 0.25) is 0 Å². The second-order valence-corrected chi connectivity index (χ2v) is 3.58. The Morgan fingerprint density at radius 2 is 1.92 bits per heavy atom. The van der Waals surface area contributed by atoms with Gasteiger partial charge in [0.25, 0.3) is 0 Å². The molecule has 0 amide bonds. The van der Waals surface area contributed by atoms with Gasteiger partial charge in [-0.15, -0.1) is 0 Å². The van der Waals surface area contributed by atoms with Crippen LogP contribution in [0.5, 0.6) is 0 Å². The van der Waals surface area contributed by atoms with Crippen LogP contribution in [-0.4, -0.2) is 15.1 Å². The van der Waals surface area contributed by atoms with E-state index in [-0.39, 0.29) is 12.3 Å². The fourth-order valence-corrected chi connectivity index (χ4v) is 1.69. The van der Waals surface area contributed by atoms with E-state index in [1.807, 2.05) is 0 Å². The van der Waals surface area contributed by atoms with Crippen molar-refractivity contribution in [1.82, 2.24) is 9.97 Å². The molecule has 13 heavy (non-hydrogen) atoms. The normalized spacial score (nSPS) is 10.9. The number of aromatic amines is 2. The van der Waals surface area contributed by atoms with Gasteiger partial charge in [0.15, 0.2) is 0 Å². The van der Waals surface area contributed by atoms with Crippen molar-refractivity contribution in [2.24, 2.45) is 0 Å². The predicted molar refractivity (Wildman–Crippen MR) is 52.5 cm³/mol. The zero-order valence-electron chi connectivity index (χ0n) is 6.60. The Labute approximate surface area is 81.7 Å². The van der Waals surface area contributed by atoms with E-state index in [2.05, 4.69) is 25.9 Å². The molecule has 2 rings (SSSR count). The topological polar surface area (TPSA) is 68.9 Å².